The lowest BCUT2D eigenvalue weighted by molar-refractivity contribution is 0.335. The van der Waals surface area contributed by atoms with Crippen LogP contribution in [0, 0.1) is 0 Å². The number of halogens is 1. The SMILES string of the molecule is CCOc1ccc(Cl)cc1CC(N)c1ccco1. The van der Waals surface area contributed by atoms with E-state index in [1.54, 1.807) is 6.26 Å². The Morgan fingerprint density at radius 3 is 2.89 bits per heavy atom. The summed E-state index contributed by atoms with van der Waals surface area (Å²) in [5, 5.41) is 0.681. The van der Waals surface area contributed by atoms with Crippen LogP contribution in [0.25, 0.3) is 0 Å². The van der Waals surface area contributed by atoms with Gasteiger partial charge < -0.3 is 14.9 Å². The summed E-state index contributed by atoms with van der Waals surface area (Å²) in [6.07, 6.45) is 2.25. The quantitative estimate of drug-likeness (QED) is 0.899. The summed E-state index contributed by atoms with van der Waals surface area (Å²) in [6, 6.07) is 9.07. The molecule has 0 spiro atoms. The normalized spacial score (nSPS) is 12.4. The number of ether oxygens (including phenoxy) is 1. The topological polar surface area (TPSA) is 48.4 Å². The van der Waals surface area contributed by atoms with E-state index >= 15 is 0 Å². The van der Waals surface area contributed by atoms with Crippen molar-refractivity contribution in [2.24, 2.45) is 5.73 Å². The van der Waals surface area contributed by atoms with Crippen LogP contribution in [-0.2, 0) is 6.42 Å². The maximum atomic E-state index is 6.09. The largest absolute Gasteiger partial charge is 0.494 e. The Labute approximate surface area is 111 Å². The Morgan fingerprint density at radius 1 is 1.39 bits per heavy atom. The molecule has 3 nitrogen and oxygen atoms in total. The first kappa shape index (κ1) is 13.0. The van der Waals surface area contributed by atoms with Gasteiger partial charge in [0.05, 0.1) is 18.9 Å². The van der Waals surface area contributed by atoms with Gasteiger partial charge in [0.15, 0.2) is 0 Å². The van der Waals surface area contributed by atoms with Gasteiger partial charge >= 0.3 is 0 Å². The fourth-order valence-electron chi connectivity index (χ4n) is 1.84. The van der Waals surface area contributed by atoms with Gasteiger partial charge in [-0.3, -0.25) is 0 Å². The Bertz CT molecular complexity index is 497. The second kappa shape index (κ2) is 5.94. The first-order valence-electron chi connectivity index (χ1n) is 5.91. The van der Waals surface area contributed by atoms with Crippen LogP contribution in [0.1, 0.15) is 24.3 Å². The van der Waals surface area contributed by atoms with Crippen LogP contribution < -0.4 is 10.5 Å². The van der Waals surface area contributed by atoms with Gasteiger partial charge in [-0.05, 0) is 49.2 Å². The lowest BCUT2D eigenvalue weighted by Crippen LogP contribution is -2.13. The molecule has 2 rings (SSSR count). The lowest BCUT2D eigenvalue weighted by atomic mass is 10.0. The van der Waals surface area contributed by atoms with Crippen LogP contribution in [0.15, 0.2) is 41.0 Å². The van der Waals surface area contributed by atoms with Crippen LogP contribution in [0.5, 0.6) is 5.75 Å². The summed E-state index contributed by atoms with van der Waals surface area (Å²) < 4.78 is 10.9. The number of furan rings is 1. The highest BCUT2D eigenvalue weighted by molar-refractivity contribution is 6.30. The minimum Gasteiger partial charge on any atom is -0.494 e. The molecule has 96 valence electrons. The van der Waals surface area contributed by atoms with Crippen molar-refractivity contribution in [3.8, 4) is 5.75 Å². The number of benzene rings is 1. The maximum Gasteiger partial charge on any atom is 0.122 e. The Hall–Kier alpha value is -1.45. The summed E-state index contributed by atoms with van der Waals surface area (Å²) in [6.45, 7) is 2.56. The average Bonchev–Trinajstić information content (AvgIpc) is 2.86. The molecule has 4 heteroatoms. The van der Waals surface area contributed by atoms with Gasteiger partial charge in [-0.15, -0.1) is 0 Å². The lowest BCUT2D eigenvalue weighted by Gasteiger charge is -2.13. The molecular formula is C14H16ClNO2. The second-order valence-electron chi connectivity index (χ2n) is 4.01. The number of hydrogen-bond acceptors (Lipinski definition) is 3. The third-order valence-corrected chi connectivity index (χ3v) is 2.91. The zero-order valence-corrected chi connectivity index (χ0v) is 11.0. The molecule has 0 aliphatic rings. The third kappa shape index (κ3) is 3.06. The number of rotatable bonds is 5. The summed E-state index contributed by atoms with van der Waals surface area (Å²) >= 11 is 6.01. The molecule has 18 heavy (non-hydrogen) atoms. The fourth-order valence-corrected chi connectivity index (χ4v) is 2.04. The van der Waals surface area contributed by atoms with Gasteiger partial charge in [-0.1, -0.05) is 11.6 Å². The van der Waals surface area contributed by atoms with Gasteiger partial charge in [-0.25, -0.2) is 0 Å². The van der Waals surface area contributed by atoms with Crippen LogP contribution in [0.4, 0.5) is 0 Å². The minimum absolute atomic E-state index is 0.197. The summed E-state index contributed by atoms with van der Waals surface area (Å²) in [5.41, 5.74) is 7.09. The van der Waals surface area contributed by atoms with Gasteiger partial charge in [-0.2, -0.15) is 0 Å². The fraction of sp³-hybridized carbons (Fsp3) is 0.286. The highest BCUT2D eigenvalue weighted by Crippen LogP contribution is 2.27. The average molecular weight is 266 g/mol. The summed E-state index contributed by atoms with van der Waals surface area (Å²) in [7, 11) is 0. The van der Waals surface area contributed by atoms with Crippen molar-refractivity contribution in [1.82, 2.24) is 0 Å². The molecule has 1 unspecified atom stereocenters. The van der Waals surface area contributed by atoms with Crippen molar-refractivity contribution in [1.29, 1.82) is 0 Å². The van der Waals surface area contributed by atoms with Gasteiger partial charge in [0.1, 0.15) is 11.5 Å². The highest BCUT2D eigenvalue weighted by atomic mass is 35.5. The molecule has 2 N–H and O–H groups in total. The molecule has 1 atom stereocenters. The molecule has 0 amide bonds. The van der Waals surface area contributed by atoms with Crippen molar-refractivity contribution in [2.75, 3.05) is 6.61 Å². The molecule has 1 aromatic carbocycles. The Kier molecular flexibility index (Phi) is 4.28. The molecule has 0 aliphatic heterocycles. The van der Waals surface area contributed by atoms with Crippen molar-refractivity contribution in [3.63, 3.8) is 0 Å². The van der Waals surface area contributed by atoms with Gasteiger partial charge in [0, 0.05) is 5.02 Å². The first-order chi connectivity index (χ1) is 8.70. The number of hydrogen-bond donors (Lipinski definition) is 1. The molecule has 0 bridgehead atoms. The highest BCUT2D eigenvalue weighted by Gasteiger charge is 2.13. The Morgan fingerprint density at radius 2 is 2.22 bits per heavy atom. The third-order valence-electron chi connectivity index (χ3n) is 2.67. The molecule has 0 aliphatic carbocycles. The zero-order valence-electron chi connectivity index (χ0n) is 10.2. The van der Waals surface area contributed by atoms with Crippen molar-refractivity contribution in [2.45, 2.75) is 19.4 Å². The smallest absolute Gasteiger partial charge is 0.122 e. The molecule has 0 radical (unpaired) electrons. The van der Waals surface area contributed by atoms with E-state index in [-0.39, 0.29) is 6.04 Å². The summed E-state index contributed by atoms with van der Waals surface area (Å²) in [5.74, 6) is 1.58. The molecular weight excluding hydrogens is 250 g/mol. The van der Waals surface area contributed by atoms with E-state index in [1.807, 2.05) is 37.3 Å². The molecule has 0 saturated heterocycles. The summed E-state index contributed by atoms with van der Waals surface area (Å²) in [4.78, 5) is 0. The predicted molar refractivity (Wildman–Crippen MR) is 72.0 cm³/mol. The van der Waals surface area contributed by atoms with E-state index in [9.17, 15) is 0 Å². The predicted octanol–water partition coefficient (Wildman–Crippen LogP) is 3.57. The molecule has 1 aromatic heterocycles. The molecule has 2 aromatic rings. The van der Waals surface area contributed by atoms with E-state index in [1.165, 1.54) is 0 Å². The van der Waals surface area contributed by atoms with E-state index in [0.717, 1.165) is 17.1 Å². The van der Waals surface area contributed by atoms with Crippen LogP contribution >= 0.6 is 11.6 Å². The van der Waals surface area contributed by atoms with E-state index in [0.29, 0.717) is 18.1 Å². The van der Waals surface area contributed by atoms with Gasteiger partial charge in [0.25, 0.3) is 0 Å². The van der Waals surface area contributed by atoms with E-state index in [4.69, 9.17) is 26.5 Å². The minimum atomic E-state index is -0.197. The molecule has 0 fully saturated rings. The van der Waals surface area contributed by atoms with E-state index < -0.39 is 0 Å². The van der Waals surface area contributed by atoms with E-state index in [2.05, 4.69) is 0 Å². The van der Waals surface area contributed by atoms with Crippen LogP contribution in [0.2, 0.25) is 5.02 Å². The van der Waals surface area contributed by atoms with Crippen LogP contribution in [0.3, 0.4) is 0 Å². The van der Waals surface area contributed by atoms with Gasteiger partial charge in [0.2, 0.25) is 0 Å². The van der Waals surface area contributed by atoms with Crippen molar-refractivity contribution < 1.29 is 9.15 Å². The number of nitrogens with two attached hydrogens (primary N) is 1. The maximum absolute atomic E-state index is 6.09. The van der Waals surface area contributed by atoms with Crippen LogP contribution in [-0.4, -0.2) is 6.61 Å². The standard InChI is InChI=1S/C14H16ClNO2/c1-2-17-13-6-5-11(15)8-10(13)9-12(16)14-4-3-7-18-14/h3-8,12H,2,9,16H2,1H3. The second-order valence-corrected chi connectivity index (χ2v) is 4.45. The van der Waals surface area contributed by atoms with Crippen molar-refractivity contribution in [3.05, 3.63) is 52.9 Å². The zero-order chi connectivity index (χ0) is 13.0. The molecule has 0 saturated carbocycles. The molecule has 1 heterocycles. The first-order valence-corrected chi connectivity index (χ1v) is 6.28. The van der Waals surface area contributed by atoms with Crippen molar-refractivity contribution >= 4 is 11.6 Å². The Balaban J connectivity index is 2.19. The monoisotopic (exact) mass is 265 g/mol.